The maximum Gasteiger partial charge on any atom is 0.124 e. The molecule has 0 unspecified atom stereocenters. The second kappa shape index (κ2) is 6.22. The summed E-state index contributed by atoms with van der Waals surface area (Å²) in [4.78, 5) is 15.1. The van der Waals surface area contributed by atoms with Gasteiger partial charge < -0.3 is 4.79 Å². The molecular weight excluding hydrogens is 262 g/mol. The SMILES string of the molecule is O=CCc1ccc(N=C2CCN(c3ccccc3)N2)cc1. The Labute approximate surface area is 124 Å². The van der Waals surface area contributed by atoms with Crippen molar-refractivity contribution in [2.24, 2.45) is 4.99 Å². The molecule has 0 atom stereocenters. The Hall–Kier alpha value is -2.62. The molecule has 21 heavy (non-hydrogen) atoms. The van der Waals surface area contributed by atoms with Gasteiger partial charge in [0.1, 0.15) is 12.1 Å². The lowest BCUT2D eigenvalue weighted by Gasteiger charge is -2.17. The van der Waals surface area contributed by atoms with Crippen molar-refractivity contribution in [2.75, 3.05) is 11.6 Å². The molecule has 1 fully saturated rings. The highest BCUT2D eigenvalue weighted by atomic mass is 16.1. The number of hydrogen-bond acceptors (Lipinski definition) is 3. The summed E-state index contributed by atoms with van der Waals surface area (Å²) >= 11 is 0. The predicted octanol–water partition coefficient (Wildman–Crippen LogP) is 2.87. The highest BCUT2D eigenvalue weighted by Crippen LogP contribution is 2.18. The molecule has 0 saturated carbocycles. The lowest BCUT2D eigenvalue weighted by molar-refractivity contribution is -0.107. The molecule has 106 valence electrons. The Kier molecular flexibility index (Phi) is 3.96. The van der Waals surface area contributed by atoms with Crippen LogP contribution in [0.5, 0.6) is 0 Å². The molecule has 1 aliphatic heterocycles. The third-order valence-corrected chi connectivity index (χ3v) is 3.42. The fourth-order valence-corrected chi connectivity index (χ4v) is 2.33. The van der Waals surface area contributed by atoms with Crippen LogP contribution in [0.3, 0.4) is 0 Å². The normalized spacial score (nSPS) is 16.0. The van der Waals surface area contributed by atoms with E-state index in [1.54, 1.807) is 0 Å². The van der Waals surface area contributed by atoms with Crippen LogP contribution in [-0.4, -0.2) is 18.7 Å². The zero-order valence-corrected chi connectivity index (χ0v) is 11.7. The van der Waals surface area contributed by atoms with Crippen molar-refractivity contribution in [1.29, 1.82) is 0 Å². The monoisotopic (exact) mass is 279 g/mol. The number of aliphatic imine (C=N–C) groups is 1. The number of hydrogen-bond donors (Lipinski definition) is 1. The standard InChI is InChI=1S/C17H17N3O/c21-13-11-14-6-8-15(9-7-14)18-17-10-12-20(19-17)16-4-2-1-3-5-16/h1-9,13H,10-12H2,(H,18,19). The van der Waals surface area contributed by atoms with Crippen LogP contribution in [-0.2, 0) is 11.2 Å². The zero-order chi connectivity index (χ0) is 14.5. The number of hydrazine groups is 1. The van der Waals surface area contributed by atoms with Crippen molar-refractivity contribution >= 4 is 23.5 Å². The molecule has 0 aromatic heterocycles. The van der Waals surface area contributed by atoms with Crippen LogP contribution in [0.25, 0.3) is 0 Å². The second-order valence-electron chi connectivity index (χ2n) is 4.94. The van der Waals surface area contributed by atoms with E-state index in [0.29, 0.717) is 6.42 Å². The molecule has 0 aliphatic carbocycles. The summed E-state index contributed by atoms with van der Waals surface area (Å²) in [5.74, 6) is 0.960. The van der Waals surface area contributed by atoms with Gasteiger partial charge >= 0.3 is 0 Å². The Morgan fingerprint density at radius 3 is 2.57 bits per heavy atom. The van der Waals surface area contributed by atoms with Gasteiger partial charge in [-0.1, -0.05) is 30.3 Å². The van der Waals surface area contributed by atoms with E-state index in [4.69, 9.17) is 0 Å². The van der Waals surface area contributed by atoms with Gasteiger partial charge in [0.15, 0.2) is 0 Å². The molecule has 0 amide bonds. The number of benzene rings is 2. The minimum absolute atomic E-state index is 0.455. The summed E-state index contributed by atoms with van der Waals surface area (Å²) in [6.07, 6.45) is 2.26. The Morgan fingerprint density at radius 2 is 1.86 bits per heavy atom. The Balaban J connectivity index is 1.69. The van der Waals surface area contributed by atoms with Gasteiger partial charge in [-0.3, -0.25) is 10.4 Å². The van der Waals surface area contributed by atoms with E-state index in [1.165, 1.54) is 0 Å². The van der Waals surface area contributed by atoms with Crippen LogP contribution >= 0.6 is 0 Å². The number of nitrogens with one attached hydrogen (secondary N) is 1. The number of aldehydes is 1. The molecule has 1 saturated heterocycles. The van der Waals surface area contributed by atoms with Crippen molar-refractivity contribution in [3.63, 3.8) is 0 Å². The summed E-state index contributed by atoms with van der Waals surface area (Å²) in [6, 6.07) is 18.0. The first-order valence-electron chi connectivity index (χ1n) is 7.04. The number of anilines is 1. The number of nitrogens with zero attached hydrogens (tertiary/aromatic N) is 2. The summed E-state index contributed by atoms with van der Waals surface area (Å²) in [5.41, 5.74) is 6.38. The predicted molar refractivity (Wildman–Crippen MR) is 84.8 cm³/mol. The molecule has 4 nitrogen and oxygen atoms in total. The van der Waals surface area contributed by atoms with Crippen molar-refractivity contribution in [2.45, 2.75) is 12.8 Å². The van der Waals surface area contributed by atoms with Gasteiger partial charge in [0.2, 0.25) is 0 Å². The average Bonchev–Trinajstić information content (AvgIpc) is 2.99. The molecule has 1 N–H and O–H groups in total. The lowest BCUT2D eigenvalue weighted by Crippen LogP contribution is -2.32. The number of rotatable bonds is 4. The van der Waals surface area contributed by atoms with Crippen LogP contribution in [0.2, 0.25) is 0 Å². The zero-order valence-electron chi connectivity index (χ0n) is 11.7. The van der Waals surface area contributed by atoms with E-state index < -0.39 is 0 Å². The van der Waals surface area contributed by atoms with Gasteiger partial charge in [-0.2, -0.15) is 0 Å². The van der Waals surface area contributed by atoms with Gasteiger partial charge in [-0.25, -0.2) is 4.99 Å². The number of para-hydroxylation sites is 1. The van der Waals surface area contributed by atoms with Gasteiger partial charge in [0, 0.05) is 19.4 Å². The number of carbonyl (C=O) groups excluding carboxylic acids is 1. The van der Waals surface area contributed by atoms with Gasteiger partial charge in [0.25, 0.3) is 0 Å². The maximum absolute atomic E-state index is 10.5. The van der Waals surface area contributed by atoms with Crippen LogP contribution in [0.1, 0.15) is 12.0 Å². The molecule has 1 aliphatic rings. The lowest BCUT2D eigenvalue weighted by atomic mass is 10.1. The fourth-order valence-electron chi connectivity index (χ4n) is 2.33. The molecule has 0 spiro atoms. The second-order valence-corrected chi connectivity index (χ2v) is 4.94. The molecule has 4 heteroatoms. The van der Waals surface area contributed by atoms with Gasteiger partial charge in [-0.05, 0) is 29.8 Å². The summed E-state index contributed by atoms with van der Waals surface area (Å²) in [7, 11) is 0. The minimum atomic E-state index is 0.455. The molecule has 3 rings (SSSR count). The highest BCUT2D eigenvalue weighted by molar-refractivity contribution is 5.89. The molecule has 1 heterocycles. The van der Waals surface area contributed by atoms with E-state index in [1.807, 2.05) is 42.5 Å². The Bertz CT molecular complexity index is 635. The molecule has 0 radical (unpaired) electrons. The van der Waals surface area contributed by atoms with Gasteiger partial charge in [-0.15, -0.1) is 0 Å². The number of amidine groups is 1. The first-order chi connectivity index (χ1) is 10.3. The van der Waals surface area contributed by atoms with Crippen molar-refractivity contribution in [1.82, 2.24) is 5.43 Å². The fraction of sp³-hybridized carbons (Fsp3) is 0.176. The highest BCUT2D eigenvalue weighted by Gasteiger charge is 2.16. The van der Waals surface area contributed by atoms with Crippen LogP contribution < -0.4 is 10.4 Å². The van der Waals surface area contributed by atoms with E-state index in [-0.39, 0.29) is 0 Å². The topological polar surface area (TPSA) is 44.7 Å². The summed E-state index contributed by atoms with van der Waals surface area (Å²) in [5, 5.41) is 2.10. The quantitative estimate of drug-likeness (QED) is 0.875. The number of carbonyl (C=O) groups is 1. The van der Waals surface area contributed by atoms with Crippen LogP contribution in [0, 0.1) is 0 Å². The smallest absolute Gasteiger partial charge is 0.124 e. The van der Waals surface area contributed by atoms with E-state index >= 15 is 0 Å². The third kappa shape index (κ3) is 3.28. The van der Waals surface area contributed by atoms with Crippen LogP contribution in [0.4, 0.5) is 11.4 Å². The van der Waals surface area contributed by atoms with Crippen LogP contribution in [0.15, 0.2) is 59.6 Å². The minimum Gasteiger partial charge on any atom is -0.303 e. The summed E-state index contributed by atoms with van der Waals surface area (Å²) < 4.78 is 0. The van der Waals surface area contributed by atoms with Crippen molar-refractivity contribution in [3.05, 3.63) is 60.2 Å². The van der Waals surface area contributed by atoms with E-state index in [2.05, 4.69) is 27.6 Å². The molecule has 2 aromatic carbocycles. The van der Waals surface area contributed by atoms with Crippen molar-refractivity contribution in [3.8, 4) is 0 Å². The molecule has 0 bridgehead atoms. The first kappa shape index (κ1) is 13.4. The van der Waals surface area contributed by atoms with Gasteiger partial charge in [0.05, 0.1) is 11.4 Å². The summed E-state index contributed by atoms with van der Waals surface area (Å²) in [6.45, 7) is 0.909. The maximum atomic E-state index is 10.5. The van der Waals surface area contributed by atoms with Crippen molar-refractivity contribution < 1.29 is 4.79 Å². The van der Waals surface area contributed by atoms with E-state index in [9.17, 15) is 4.79 Å². The molecular formula is C17H17N3O. The average molecular weight is 279 g/mol. The molecule has 2 aromatic rings. The first-order valence-corrected chi connectivity index (χ1v) is 7.04. The third-order valence-electron chi connectivity index (χ3n) is 3.42. The van der Waals surface area contributed by atoms with E-state index in [0.717, 1.165) is 42.0 Å². The Morgan fingerprint density at radius 1 is 1.10 bits per heavy atom. The largest absolute Gasteiger partial charge is 0.303 e.